The molecule has 2 saturated heterocycles. The van der Waals surface area contributed by atoms with Crippen molar-refractivity contribution in [1.82, 2.24) is 4.90 Å². The van der Waals surface area contributed by atoms with Crippen LogP contribution >= 0.6 is 11.6 Å². The van der Waals surface area contributed by atoms with Gasteiger partial charge in [0.25, 0.3) is 0 Å². The summed E-state index contributed by atoms with van der Waals surface area (Å²) in [4.78, 5) is 57.2. The van der Waals surface area contributed by atoms with Crippen molar-refractivity contribution >= 4 is 40.9 Å². The van der Waals surface area contributed by atoms with Gasteiger partial charge in [-0.15, -0.1) is 0 Å². The number of hydrogen-bond acceptors (Lipinski definition) is 5. The van der Waals surface area contributed by atoms with E-state index in [0.717, 1.165) is 16.5 Å². The average Bonchev–Trinajstić information content (AvgIpc) is 3.27. The molecule has 0 radical (unpaired) electrons. The van der Waals surface area contributed by atoms with Crippen LogP contribution in [0, 0.1) is 41.8 Å². The molecule has 1 saturated carbocycles. The van der Waals surface area contributed by atoms with Gasteiger partial charge in [0, 0.05) is 18.0 Å². The van der Waals surface area contributed by atoms with E-state index in [-0.39, 0.29) is 41.2 Å². The topological polar surface area (TPSA) is 95.0 Å². The second kappa shape index (κ2) is 8.74. The number of nitrogens with zero attached hydrogens (tertiary/aromatic N) is 2. The number of carbonyl (C=O) groups excluding carboxylic acids is 4. The summed E-state index contributed by atoms with van der Waals surface area (Å²) in [6.45, 7) is 5.53. The lowest BCUT2D eigenvalue weighted by molar-refractivity contribution is -0.140. The summed E-state index contributed by atoms with van der Waals surface area (Å²) in [5.74, 6) is -5.18. The first kappa shape index (κ1) is 25.7. The number of para-hydroxylation sites is 1. The predicted octanol–water partition coefficient (Wildman–Crippen LogP) is 4.74. The number of aryl methyl sites for hydroxylation is 1. The van der Waals surface area contributed by atoms with E-state index in [1.165, 1.54) is 17.0 Å². The molecule has 39 heavy (non-hydrogen) atoms. The van der Waals surface area contributed by atoms with Crippen LogP contribution in [0.2, 0.25) is 5.02 Å². The summed E-state index contributed by atoms with van der Waals surface area (Å²) < 4.78 is 14.0. The number of likely N-dealkylation sites (tertiary alicyclic amines) is 1. The Hall–Kier alpha value is -3.52. The number of phenolic OH excluding ortho intramolecular Hbond substituents is 1. The second-order valence-electron chi connectivity index (χ2n) is 11.2. The molecule has 2 aliphatic heterocycles. The second-order valence-corrected chi connectivity index (χ2v) is 11.6. The van der Waals surface area contributed by atoms with E-state index in [1.807, 2.05) is 6.08 Å². The molecule has 6 rings (SSSR count). The van der Waals surface area contributed by atoms with Crippen molar-refractivity contribution in [3.8, 4) is 5.75 Å². The number of halogens is 2. The van der Waals surface area contributed by atoms with Crippen LogP contribution in [-0.4, -0.2) is 40.2 Å². The summed E-state index contributed by atoms with van der Waals surface area (Å²) in [6.07, 6.45) is 2.50. The van der Waals surface area contributed by atoms with E-state index in [9.17, 15) is 28.7 Å². The Labute approximate surface area is 230 Å². The van der Waals surface area contributed by atoms with Crippen molar-refractivity contribution < 1.29 is 28.7 Å². The molecule has 1 N–H and O–H groups in total. The van der Waals surface area contributed by atoms with Gasteiger partial charge in [-0.2, -0.15) is 0 Å². The van der Waals surface area contributed by atoms with Crippen LogP contribution in [0.5, 0.6) is 5.75 Å². The molecule has 2 aliphatic carbocycles. The van der Waals surface area contributed by atoms with Gasteiger partial charge in [0.2, 0.25) is 23.6 Å². The lowest BCUT2D eigenvalue weighted by atomic mass is 9.51. The van der Waals surface area contributed by atoms with Crippen molar-refractivity contribution in [3.05, 3.63) is 70.0 Å². The minimum atomic E-state index is -1.30. The van der Waals surface area contributed by atoms with E-state index < -0.39 is 52.6 Å². The van der Waals surface area contributed by atoms with E-state index >= 15 is 0 Å². The number of carbonyl (C=O) groups is 4. The number of aromatic hydroxyl groups is 1. The zero-order chi connectivity index (χ0) is 28.0. The zero-order valence-electron chi connectivity index (χ0n) is 21.8. The van der Waals surface area contributed by atoms with Gasteiger partial charge in [0.15, 0.2) is 0 Å². The number of phenols is 1. The molecule has 2 heterocycles. The molecule has 6 atom stereocenters. The van der Waals surface area contributed by atoms with Crippen molar-refractivity contribution in [1.29, 1.82) is 0 Å². The van der Waals surface area contributed by atoms with Gasteiger partial charge in [0.05, 0.1) is 33.9 Å². The number of anilines is 1. The molecular formula is C30H28ClFN2O5. The normalized spacial score (nSPS) is 31.8. The van der Waals surface area contributed by atoms with Gasteiger partial charge in [-0.1, -0.05) is 41.4 Å². The first-order valence-corrected chi connectivity index (χ1v) is 13.6. The minimum absolute atomic E-state index is 0.0266. The van der Waals surface area contributed by atoms with Crippen molar-refractivity contribution in [2.24, 2.45) is 29.1 Å². The quantitative estimate of drug-likeness (QED) is 0.440. The average molecular weight is 551 g/mol. The minimum Gasteiger partial charge on any atom is -0.507 e. The fourth-order valence-electron chi connectivity index (χ4n) is 7.52. The van der Waals surface area contributed by atoms with Crippen LogP contribution in [0.25, 0.3) is 0 Å². The number of hydrogen-bond donors (Lipinski definition) is 1. The maximum absolute atomic E-state index is 14.3. The Balaban J connectivity index is 1.55. The molecule has 2 aromatic carbocycles. The third kappa shape index (κ3) is 3.33. The van der Waals surface area contributed by atoms with Crippen LogP contribution in [0.4, 0.5) is 10.1 Å². The molecule has 202 valence electrons. The van der Waals surface area contributed by atoms with Crippen LogP contribution in [0.1, 0.15) is 43.7 Å². The summed E-state index contributed by atoms with van der Waals surface area (Å²) in [5.41, 5.74) is 0.788. The number of fused-ring (bicyclic) bond motifs is 4. The Morgan fingerprint density at radius 2 is 1.82 bits per heavy atom. The Morgan fingerprint density at radius 3 is 2.51 bits per heavy atom. The first-order chi connectivity index (χ1) is 18.5. The molecule has 0 bridgehead atoms. The highest BCUT2D eigenvalue weighted by Gasteiger charge is 2.67. The maximum Gasteiger partial charge on any atom is 0.241 e. The van der Waals surface area contributed by atoms with Crippen LogP contribution in [0.15, 0.2) is 48.0 Å². The Kier molecular flexibility index (Phi) is 5.77. The molecule has 0 aromatic heterocycles. The van der Waals surface area contributed by atoms with Crippen LogP contribution in [0.3, 0.4) is 0 Å². The van der Waals surface area contributed by atoms with E-state index in [4.69, 9.17) is 11.6 Å². The smallest absolute Gasteiger partial charge is 0.241 e. The largest absolute Gasteiger partial charge is 0.507 e. The summed E-state index contributed by atoms with van der Waals surface area (Å²) in [5, 5.41) is 11.0. The summed E-state index contributed by atoms with van der Waals surface area (Å²) >= 11 is 6.02. The predicted molar refractivity (Wildman–Crippen MR) is 141 cm³/mol. The molecule has 3 fully saturated rings. The highest BCUT2D eigenvalue weighted by atomic mass is 35.5. The highest BCUT2D eigenvalue weighted by Crippen LogP contribution is 2.64. The van der Waals surface area contributed by atoms with Gasteiger partial charge in [-0.05, 0) is 63.3 Å². The highest BCUT2D eigenvalue weighted by molar-refractivity contribution is 6.31. The molecule has 4 aliphatic rings. The van der Waals surface area contributed by atoms with Crippen LogP contribution < -0.4 is 4.90 Å². The molecule has 4 amide bonds. The number of amides is 4. The van der Waals surface area contributed by atoms with Gasteiger partial charge in [-0.25, -0.2) is 9.29 Å². The van der Waals surface area contributed by atoms with Crippen molar-refractivity contribution in [2.75, 3.05) is 11.4 Å². The maximum atomic E-state index is 14.3. The molecule has 0 unspecified atom stereocenters. The van der Waals surface area contributed by atoms with E-state index in [0.29, 0.717) is 17.5 Å². The summed E-state index contributed by atoms with van der Waals surface area (Å²) in [7, 11) is 0. The molecule has 0 spiro atoms. The SMILES string of the molecule is CCN1C(=O)[C@H]2[C@H](CC=C3[C@H]2C[C@H]2C(=O)N(c4ccc(F)c(Cl)c4)C(=O)[C@@]2(C)[C@H]3c2cccc(C)c2O)C1=O. The van der Waals surface area contributed by atoms with Crippen LogP contribution in [-0.2, 0) is 19.2 Å². The van der Waals surface area contributed by atoms with E-state index in [1.54, 1.807) is 39.0 Å². The van der Waals surface area contributed by atoms with Gasteiger partial charge in [-0.3, -0.25) is 24.1 Å². The van der Waals surface area contributed by atoms with Crippen molar-refractivity contribution in [3.63, 3.8) is 0 Å². The molecule has 7 nitrogen and oxygen atoms in total. The molecule has 2 aromatic rings. The van der Waals surface area contributed by atoms with Gasteiger partial charge < -0.3 is 5.11 Å². The fourth-order valence-corrected chi connectivity index (χ4v) is 7.70. The number of imide groups is 2. The lowest BCUT2D eigenvalue weighted by Gasteiger charge is -2.49. The number of rotatable bonds is 3. The third-order valence-electron chi connectivity index (χ3n) is 9.42. The van der Waals surface area contributed by atoms with Gasteiger partial charge >= 0.3 is 0 Å². The van der Waals surface area contributed by atoms with Gasteiger partial charge in [0.1, 0.15) is 11.6 Å². The fraction of sp³-hybridized carbons (Fsp3) is 0.400. The first-order valence-electron chi connectivity index (χ1n) is 13.2. The number of benzene rings is 2. The number of allylic oxidation sites excluding steroid dienone is 2. The Morgan fingerprint density at radius 1 is 1.08 bits per heavy atom. The molecular weight excluding hydrogens is 523 g/mol. The van der Waals surface area contributed by atoms with E-state index in [2.05, 4.69) is 0 Å². The monoisotopic (exact) mass is 550 g/mol. The third-order valence-corrected chi connectivity index (χ3v) is 9.71. The molecule has 9 heteroatoms. The zero-order valence-corrected chi connectivity index (χ0v) is 22.5. The Bertz CT molecular complexity index is 1500. The van der Waals surface area contributed by atoms with Crippen molar-refractivity contribution in [2.45, 2.75) is 39.5 Å². The lowest BCUT2D eigenvalue weighted by Crippen LogP contribution is -2.48. The standard InChI is InChI=1S/C30H28ClFN2O5/c1-4-33-26(36)17-10-9-16-19(23(17)28(33)38)13-20-27(37)34(15-8-11-22(32)21(31)12-15)29(39)30(20,3)24(16)18-7-5-6-14(2)25(18)35/h5-9,11-12,17,19-20,23-24,35H,4,10,13H2,1-3H3/t17-,19+,20-,23-,24+,30+/m0/s1. The summed E-state index contributed by atoms with van der Waals surface area (Å²) in [6, 6.07) is 9.02.